The molecule has 2 aromatic carbocycles. The van der Waals surface area contributed by atoms with E-state index in [4.69, 9.17) is 11.6 Å². The molecule has 0 saturated heterocycles. The molecular weight excluding hydrogens is 336 g/mol. The first-order valence-electron chi connectivity index (χ1n) is 7.89. The van der Waals surface area contributed by atoms with E-state index in [9.17, 15) is 4.79 Å². The van der Waals surface area contributed by atoms with Gasteiger partial charge in [0.2, 0.25) is 0 Å². The average molecular weight is 351 g/mol. The molecule has 0 N–H and O–H groups in total. The van der Waals surface area contributed by atoms with E-state index in [0.717, 1.165) is 16.9 Å². The average Bonchev–Trinajstić information content (AvgIpc) is 2.93. The molecule has 0 bridgehead atoms. The molecule has 25 heavy (non-hydrogen) atoms. The van der Waals surface area contributed by atoms with Gasteiger partial charge in [0.15, 0.2) is 0 Å². The maximum atomic E-state index is 12.7. The fraction of sp³-hybridized carbons (Fsp3) is 0.105. The third-order valence-electron chi connectivity index (χ3n) is 4.18. The summed E-state index contributed by atoms with van der Waals surface area (Å²) >= 11 is 6.55. The monoisotopic (exact) mass is 350 g/mol. The van der Waals surface area contributed by atoms with Gasteiger partial charge >= 0.3 is 0 Å². The summed E-state index contributed by atoms with van der Waals surface area (Å²) in [6, 6.07) is 17.0. The molecule has 0 aliphatic rings. The van der Waals surface area contributed by atoms with Gasteiger partial charge in [0, 0.05) is 5.56 Å². The second-order valence-electron chi connectivity index (χ2n) is 5.80. The Balaban J connectivity index is 1.79. The van der Waals surface area contributed by atoms with Crippen molar-refractivity contribution in [3.05, 3.63) is 87.7 Å². The summed E-state index contributed by atoms with van der Waals surface area (Å²) in [6.07, 6.45) is 1.56. The Bertz CT molecular complexity index is 1120. The minimum Gasteiger partial charge on any atom is -0.294 e. The Morgan fingerprint density at radius 2 is 1.76 bits per heavy atom. The molecule has 0 unspecified atom stereocenters. The first kappa shape index (κ1) is 15.6. The quantitative estimate of drug-likeness (QED) is 0.567. The van der Waals surface area contributed by atoms with E-state index in [1.165, 1.54) is 0 Å². The number of hydrogen-bond acceptors (Lipinski definition) is 3. The lowest BCUT2D eigenvalue weighted by molar-refractivity contribution is 0.745. The van der Waals surface area contributed by atoms with Crippen molar-refractivity contribution in [1.82, 2.24) is 19.3 Å². The van der Waals surface area contributed by atoms with Gasteiger partial charge in [-0.1, -0.05) is 41.9 Å². The summed E-state index contributed by atoms with van der Waals surface area (Å²) in [6.45, 7) is 2.22. The predicted octanol–water partition coefficient (Wildman–Crippen LogP) is 3.59. The summed E-state index contributed by atoms with van der Waals surface area (Å²) in [5, 5.41) is 5.61. The van der Waals surface area contributed by atoms with E-state index in [-0.39, 0.29) is 5.56 Å². The highest BCUT2D eigenvalue weighted by molar-refractivity contribution is 6.30. The van der Waals surface area contributed by atoms with Crippen molar-refractivity contribution >= 4 is 22.5 Å². The molecule has 4 rings (SSSR count). The van der Waals surface area contributed by atoms with E-state index >= 15 is 0 Å². The van der Waals surface area contributed by atoms with Gasteiger partial charge in [0.1, 0.15) is 5.15 Å². The Hall–Kier alpha value is -2.92. The summed E-state index contributed by atoms with van der Waals surface area (Å²) < 4.78 is 3.25. The van der Waals surface area contributed by atoms with Gasteiger partial charge in [0.25, 0.3) is 5.56 Å². The summed E-state index contributed by atoms with van der Waals surface area (Å²) in [5.41, 5.74) is 3.07. The van der Waals surface area contributed by atoms with Crippen LogP contribution < -0.4 is 5.56 Å². The number of rotatable bonds is 3. The van der Waals surface area contributed by atoms with Crippen LogP contribution in [-0.4, -0.2) is 19.3 Å². The Morgan fingerprint density at radius 3 is 2.56 bits per heavy atom. The fourth-order valence-electron chi connectivity index (χ4n) is 2.84. The number of hydrogen-bond donors (Lipinski definition) is 0. The van der Waals surface area contributed by atoms with Crippen LogP contribution in [-0.2, 0) is 6.54 Å². The minimum absolute atomic E-state index is 0.0893. The molecule has 0 aliphatic heterocycles. The van der Waals surface area contributed by atoms with Crippen LogP contribution >= 0.6 is 11.6 Å². The zero-order chi connectivity index (χ0) is 17.4. The number of halogens is 1. The predicted molar refractivity (Wildman–Crippen MR) is 98.4 cm³/mol. The van der Waals surface area contributed by atoms with E-state index < -0.39 is 0 Å². The van der Waals surface area contributed by atoms with Gasteiger partial charge in [-0.25, -0.2) is 9.67 Å². The Labute approximate surface area is 149 Å². The van der Waals surface area contributed by atoms with Crippen LogP contribution in [0.2, 0.25) is 5.15 Å². The summed E-state index contributed by atoms with van der Waals surface area (Å²) in [7, 11) is 0. The highest BCUT2D eigenvalue weighted by Crippen LogP contribution is 2.24. The molecule has 0 spiro atoms. The second-order valence-corrected chi connectivity index (χ2v) is 6.15. The Morgan fingerprint density at radius 1 is 1.04 bits per heavy atom. The number of nitrogens with zero attached hydrogens (tertiary/aromatic N) is 4. The molecule has 0 atom stereocenters. The summed E-state index contributed by atoms with van der Waals surface area (Å²) in [4.78, 5) is 17.0. The number of aromatic nitrogens is 4. The first-order valence-corrected chi connectivity index (χ1v) is 8.26. The number of fused-ring (bicyclic) bond motifs is 1. The summed E-state index contributed by atoms with van der Waals surface area (Å²) in [5.74, 6) is 0. The molecule has 4 aromatic rings. The molecule has 0 saturated carbocycles. The molecule has 0 fully saturated rings. The fourth-order valence-corrected chi connectivity index (χ4v) is 3.17. The lowest BCUT2D eigenvalue weighted by Crippen LogP contribution is -2.21. The van der Waals surface area contributed by atoms with Crippen LogP contribution in [0.25, 0.3) is 16.6 Å². The van der Waals surface area contributed by atoms with Crippen molar-refractivity contribution in [3.63, 3.8) is 0 Å². The normalized spacial score (nSPS) is 11.1. The lowest BCUT2D eigenvalue weighted by atomic mass is 10.2. The molecule has 0 amide bonds. The first-order chi connectivity index (χ1) is 12.1. The number of para-hydroxylation sites is 2. The highest BCUT2D eigenvalue weighted by Gasteiger charge is 2.16. The van der Waals surface area contributed by atoms with Gasteiger partial charge in [-0.2, -0.15) is 5.10 Å². The van der Waals surface area contributed by atoms with Crippen molar-refractivity contribution in [2.45, 2.75) is 13.5 Å². The van der Waals surface area contributed by atoms with Gasteiger partial charge in [0.05, 0.1) is 35.2 Å². The molecule has 2 heterocycles. The maximum Gasteiger partial charge on any atom is 0.261 e. The maximum absolute atomic E-state index is 12.7. The number of benzene rings is 2. The molecule has 0 aliphatic carbocycles. The van der Waals surface area contributed by atoms with E-state index in [2.05, 4.69) is 10.1 Å². The van der Waals surface area contributed by atoms with E-state index in [0.29, 0.717) is 22.6 Å². The topological polar surface area (TPSA) is 52.7 Å². The van der Waals surface area contributed by atoms with Gasteiger partial charge < -0.3 is 0 Å². The molecule has 0 radical (unpaired) electrons. The highest BCUT2D eigenvalue weighted by atomic mass is 35.5. The van der Waals surface area contributed by atoms with Crippen LogP contribution in [0.4, 0.5) is 0 Å². The van der Waals surface area contributed by atoms with E-state index in [1.54, 1.807) is 21.6 Å². The molecule has 6 heteroatoms. The van der Waals surface area contributed by atoms with Crippen LogP contribution in [0.1, 0.15) is 11.3 Å². The third kappa shape index (κ3) is 2.72. The van der Waals surface area contributed by atoms with Gasteiger partial charge in [-0.05, 0) is 31.2 Å². The smallest absolute Gasteiger partial charge is 0.261 e. The van der Waals surface area contributed by atoms with Crippen molar-refractivity contribution < 1.29 is 0 Å². The van der Waals surface area contributed by atoms with E-state index in [1.807, 2.05) is 55.5 Å². The van der Waals surface area contributed by atoms with Crippen molar-refractivity contribution in [1.29, 1.82) is 0 Å². The van der Waals surface area contributed by atoms with Crippen LogP contribution in [0.15, 0.2) is 65.7 Å². The van der Waals surface area contributed by atoms with Crippen LogP contribution in [0, 0.1) is 6.92 Å². The van der Waals surface area contributed by atoms with Gasteiger partial charge in [-0.15, -0.1) is 0 Å². The second kappa shape index (κ2) is 6.18. The molecule has 124 valence electrons. The molecular formula is C19H15ClN4O. The zero-order valence-electron chi connectivity index (χ0n) is 13.6. The van der Waals surface area contributed by atoms with Crippen LogP contribution in [0.5, 0.6) is 0 Å². The van der Waals surface area contributed by atoms with Gasteiger partial charge in [-0.3, -0.25) is 9.36 Å². The van der Waals surface area contributed by atoms with Crippen molar-refractivity contribution in [3.8, 4) is 5.69 Å². The lowest BCUT2D eigenvalue weighted by Gasteiger charge is -2.07. The Kier molecular flexibility index (Phi) is 3.86. The SMILES string of the molecule is Cc1nn(-c2ccccc2)c(Cl)c1Cn1cnc2ccccc2c1=O. The van der Waals surface area contributed by atoms with Crippen LogP contribution in [0.3, 0.4) is 0 Å². The molecule has 5 nitrogen and oxygen atoms in total. The third-order valence-corrected chi connectivity index (χ3v) is 4.57. The van der Waals surface area contributed by atoms with Crippen molar-refractivity contribution in [2.75, 3.05) is 0 Å². The molecule has 2 aromatic heterocycles. The number of aryl methyl sites for hydroxylation is 1. The van der Waals surface area contributed by atoms with Crippen molar-refractivity contribution in [2.24, 2.45) is 0 Å². The zero-order valence-corrected chi connectivity index (χ0v) is 14.3. The standard InChI is InChI=1S/C19H15ClN4O/c1-13-16(18(20)24(22-13)14-7-3-2-4-8-14)11-23-12-21-17-10-6-5-9-15(17)19(23)25/h2-10,12H,11H2,1H3. The minimum atomic E-state index is -0.0893. The largest absolute Gasteiger partial charge is 0.294 e.